The van der Waals surface area contributed by atoms with E-state index in [9.17, 15) is 8.42 Å². The minimum absolute atomic E-state index is 0.270. The number of sulfonamides is 1. The molecule has 2 aliphatic rings. The van der Waals surface area contributed by atoms with E-state index in [2.05, 4.69) is 26.1 Å². The highest BCUT2D eigenvalue weighted by Crippen LogP contribution is 2.27. The number of pyridine rings is 1. The van der Waals surface area contributed by atoms with Crippen LogP contribution in [0.25, 0.3) is 0 Å². The fraction of sp³-hybridized carbons (Fsp3) is 0.364. The van der Waals surface area contributed by atoms with Crippen LogP contribution in [-0.2, 0) is 29.5 Å². The van der Waals surface area contributed by atoms with Crippen molar-refractivity contribution in [3.63, 3.8) is 0 Å². The molecule has 2 heterocycles. The molecule has 0 saturated heterocycles. The summed E-state index contributed by atoms with van der Waals surface area (Å²) in [5.74, 6) is 0. The molecule has 2 unspecified atom stereocenters. The number of nitrogens with zero attached hydrogens (tertiary/aromatic N) is 2. The van der Waals surface area contributed by atoms with Gasteiger partial charge in [0.15, 0.2) is 5.37 Å². The molecule has 1 aromatic heterocycles. The van der Waals surface area contributed by atoms with Gasteiger partial charge in [-0.15, -0.1) is 0 Å². The molecule has 2 atom stereocenters. The molecule has 1 aliphatic carbocycles. The van der Waals surface area contributed by atoms with E-state index in [1.54, 1.807) is 6.08 Å². The van der Waals surface area contributed by atoms with E-state index >= 15 is 0 Å². The largest absolute Gasteiger partial charge is 0.305 e. The predicted molar refractivity (Wildman–Crippen MR) is 115 cm³/mol. The molecule has 4 rings (SSSR count). The third-order valence-corrected chi connectivity index (χ3v) is 7.00. The fourth-order valence-electron chi connectivity index (χ4n) is 3.77. The van der Waals surface area contributed by atoms with Gasteiger partial charge in [0.05, 0.1) is 11.7 Å². The Hall–Kier alpha value is -2.35. The summed E-state index contributed by atoms with van der Waals surface area (Å²) < 4.78 is 27.3. The SMILES string of the molecule is O=S(=O)(NCc1ccc(CNC2CCCc3cccnc32)cc1)C1CC=CC=N1. The van der Waals surface area contributed by atoms with Gasteiger partial charge in [-0.3, -0.25) is 9.98 Å². The molecule has 2 N–H and O–H groups in total. The van der Waals surface area contributed by atoms with E-state index in [4.69, 9.17) is 0 Å². The van der Waals surface area contributed by atoms with Crippen LogP contribution in [0.4, 0.5) is 0 Å². The summed E-state index contributed by atoms with van der Waals surface area (Å²) in [6, 6.07) is 12.5. The average Bonchev–Trinajstić information content (AvgIpc) is 2.77. The lowest BCUT2D eigenvalue weighted by Gasteiger charge is -2.25. The first kappa shape index (κ1) is 19.9. The Bertz CT molecular complexity index is 1000. The maximum Gasteiger partial charge on any atom is 0.235 e. The summed E-state index contributed by atoms with van der Waals surface area (Å²) in [6.07, 6.45) is 10.8. The van der Waals surface area contributed by atoms with Crippen molar-refractivity contribution < 1.29 is 8.42 Å². The second-order valence-corrected chi connectivity index (χ2v) is 9.40. The highest BCUT2D eigenvalue weighted by Gasteiger charge is 2.23. The lowest BCUT2D eigenvalue weighted by molar-refractivity contribution is 0.447. The zero-order valence-corrected chi connectivity index (χ0v) is 17.1. The number of allylic oxidation sites excluding steroid dienone is 1. The molecule has 29 heavy (non-hydrogen) atoms. The van der Waals surface area contributed by atoms with Gasteiger partial charge in [0.25, 0.3) is 0 Å². The summed E-state index contributed by atoms with van der Waals surface area (Å²) in [5, 5.41) is 2.88. The number of hydrogen-bond acceptors (Lipinski definition) is 5. The van der Waals surface area contributed by atoms with Crippen LogP contribution in [0, 0.1) is 0 Å². The monoisotopic (exact) mass is 410 g/mol. The summed E-state index contributed by atoms with van der Waals surface area (Å²) in [7, 11) is -3.46. The topological polar surface area (TPSA) is 83.5 Å². The second kappa shape index (κ2) is 8.98. The number of aromatic nitrogens is 1. The first-order valence-electron chi connectivity index (χ1n) is 10.0. The average molecular weight is 411 g/mol. The van der Waals surface area contributed by atoms with Gasteiger partial charge in [-0.05, 0) is 48.1 Å². The van der Waals surface area contributed by atoms with Crippen molar-refractivity contribution in [2.45, 2.75) is 50.2 Å². The van der Waals surface area contributed by atoms with Gasteiger partial charge in [0, 0.05) is 31.9 Å². The van der Waals surface area contributed by atoms with Gasteiger partial charge in [-0.2, -0.15) is 0 Å². The molecule has 152 valence electrons. The van der Waals surface area contributed by atoms with Crippen molar-refractivity contribution in [2.75, 3.05) is 0 Å². The summed E-state index contributed by atoms with van der Waals surface area (Å²) in [5.41, 5.74) is 4.61. The van der Waals surface area contributed by atoms with Crippen LogP contribution in [0.2, 0.25) is 0 Å². The van der Waals surface area contributed by atoms with Crippen molar-refractivity contribution in [1.29, 1.82) is 0 Å². The molecule has 0 spiro atoms. The Morgan fingerprint density at radius 1 is 1.07 bits per heavy atom. The third-order valence-electron chi connectivity index (χ3n) is 5.42. The Labute approximate surface area is 172 Å². The number of aryl methyl sites for hydroxylation is 1. The van der Waals surface area contributed by atoms with Crippen LogP contribution >= 0.6 is 0 Å². The molecule has 0 saturated carbocycles. The van der Waals surface area contributed by atoms with Gasteiger partial charge < -0.3 is 5.32 Å². The smallest absolute Gasteiger partial charge is 0.235 e. The predicted octanol–water partition coefficient (Wildman–Crippen LogP) is 3.03. The Balaban J connectivity index is 1.31. The molecular weight excluding hydrogens is 384 g/mol. The van der Waals surface area contributed by atoms with Gasteiger partial charge in [-0.1, -0.05) is 36.4 Å². The lowest BCUT2D eigenvalue weighted by atomic mass is 9.92. The summed E-state index contributed by atoms with van der Waals surface area (Å²) >= 11 is 0. The minimum Gasteiger partial charge on any atom is -0.305 e. The molecule has 1 aromatic carbocycles. The quantitative estimate of drug-likeness (QED) is 0.735. The standard InChI is InChI=1S/C22H26N4O2S/c27-29(28,21-8-1-2-13-23-21)26-16-18-11-9-17(10-12-18)15-25-20-7-3-5-19-6-4-14-24-22(19)20/h1-2,4,6,9-14,20-21,25-26H,3,5,7-8,15-16H2. The van der Waals surface area contributed by atoms with Crippen LogP contribution in [0.1, 0.15) is 47.7 Å². The van der Waals surface area contributed by atoms with Gasteiger partial charge in [0.1, 0.15) is 0 Å². The molecule has 0 fully saturated rings. The van der Waals surface area contributed by atoms with Gasteiger partial charge >= 0.3 is 0 Å². The zero-order valence-electron chi connectivity index (χ0n) is 16.3. The molecule has 7 heteroatoms. The number of fused-ring (bicyclic) bond motifs is 1. The van der Waals surface area contributed by atoms with Crippen molar-refractivity contribution in [3.8, 4) is 0 Å². The third kappa shape index (κ3) is 4.98. The number of nitrogens with one attached hydrogen (secondary N) is 2. The zero-order chi connectivity index (χ0) is 20.1. The molecule has 1 aliphatic heterocycles. The van der Waals surface area contributed by atoms with E-state index in [1.807, 2.05) is 42.6 Å². The normalized spacial score (nSPS) is 21.1. The maximum absolute atomic E-state index is 12.3. The van der Waals surface area contributed by atoms with E-state index < -0.39 is 15.4 Å². The minimum atomic E-state index is -3.46. The van der Waals surface area contributed by atoms with E-state index in [-0.39, 0.29) is 12.6 Å². The van der Waals surface area contributed by atoms with Gasteiger partial charge in [0.2, 0.25) is 10.0 Å². The molecule has 0 amide bonds. The number of benzene rings is 1. The van der Waals surface area contributed by atoms with Crippen LogP contribution in [0.5, 0.6) is 0 Å². The molecule has 2 aromatic rings. The maximum atomic E-state index is 12.3. The Morgan fingerprint density at radius 2 is 1.86 bits per heavy atom. The first-order valence-corrected chi connectivity index (χ1v) is 11.6. The molecule has 0 radical (unpaired) electrons. The highest BCUT2D eigenvalue weighted by atomic mass is 32.2. The number of hydrogen-bond donors (Lipinski definition) is 2. The fourth-order valence-corrected chi connectivity index (χ4v) is 4.93. The van der Waals surface area contributed by atoms with Gasteiger partial charge in [-0.25, -0.2) is 13.1 Å². The number of rotatable bonds is 7. The van der Waals surface area contributed by atoms with Crippen LogP contribution in [0.15, 0.2) is 59.7 Å². The van der Waals surface area contributed by atoms with Crippen molar-refractivity contribution in [1.82, 2.24) is 15.0 Å². The lowest BCUT2D eigenvalue weighted by Crippen LogP contribution is -2.33. The van der Waals surface area contributed by atoms with Crippen LogP contribution in [-0.4, -0.2) is 25.0 Å². The Kier molecular flexibility index (Phi) is 6.18. The van der Waals surface area contributed by atoms with E-state index in [1.165, 1.54) is 29.5 Å². The second-order valence-electron chi connectivity index (χ2n) is 7.47. The van der Waals surface area contributed by atoms with Crippen LogP contribution in [0.3, 0.4) is 0 Å². The number of dihydropyridines is 1. The van der Waals surface area contributed by atoms with Crippen molar-refractivity contribution >= 4 is 16.2 Å². The van der Waals surface area contributed by atoms with Crippen molar-refractivity contribution in [3.05, 3.63) is 77.1 Å². The molecular formula is C22H26N4O2S. The summed E-state index contributed by atoms with van der Waals surface area (Å²) in [6.45, 7) is 1.03. The summed E-state index contributed by atoms with van der Waals surface area (Å²) in [4.78, 5) is 8.61. The van der Waals surface area contributed by atoms with E-state index in [0.29, 0.717) is 6.42 Å². The number of aliphatic imine (C=N–C) groups is 1. The molecule has 6 nitrogen and oxygen atoms in total. The first-order chi connectivity index (χ1) is 14.1. The van der Waals surface area contributed by atoms with Crippen molar-refractivity contribution in [2.24, 2.45) is 4.99 Å². The molecule has 0 bridgehead atoms. The highest BCUT2D eigenvalue weighted by molar-refractivity contribution is 7.90. The van der Waals surface area contributed by atoms with E-state index in [0.717, 1.165) is 24.9 Å². The van der Waals surface area contributed by atoms with Crippen LogP contribution < -0.4 is 10.0 Å². The Morgan fingerprint density at radius 3 is 2.62 bits per heavy atom.